The van der Waals surface area contributed by atoms with Crippen molar-refractivity contribution in [2.24, 2.45) is 11.8 Å². The van der Waals surface area contributed by atoms with Gasteiger partial charge in [0.1, 0.15) is 5.75 Å². The Morgan fingerprint density at radius 2 is 1.50 bits per heavy atom. The molecule has 164 valence electrons. The summed E-state index contributed by atoms with van der Waals surface area (Å²) >= 11 is 0. The Balaban J connectivity index is 1.41. The highest BCUT2D eigenvalue weighted by Crippen LogP contribution is 2.33. The summed E-state index contributed by atoms with van der Waals surface area (Å²) in [6.07, 6.45) is 19.7. The maximum Gasteiger partial charge on any atom is 0.159 e. The lowest BCUT2D eigenvalue weighted by atomic mass is 9.79. The Morgan fingerprint density at radius 3 is 2.17 bits per heavy atom. The second-order valence-corrected chi connectivity index (χ2v) is 9.04. The number of nitrogens with zero attached hydrogens (tertiary/aromatic N) is 2. The molecule has 0 unspecified atom stereocenters. The minimum Gasteiger partial charge on any atom is -0.494 e. The van der Waals surface area contributed by atoms with E-state index in [1.807, 2.05) is 24.5 Å². The minimum atomic E-state index is 0.799. The summed E-state index contributed by atoms with van der Waals surface area (Å²) in [6, 6.07) is 8.19. The van der Waals surface area contributed by atoms with Crippen LogP contribution in [0.15, 0.2) is 36.7 Å². The average Bonchev–Trinajstić information content (AvgIpc) is 2.81. The number of unbranched alkanes of at least 4 members (excludes halogenated alkanes) is 4. The zero-order valence-electron chi connectivity index (χ0n) is 19.1. The lowest BCUT2D eigenvalue weighted by Gasteiger charge is -2.27. The van der Waals surface area contributed by atoms with E-state index in [-0.39, 0.29) is 0 Å². The quantitative estimate of drug-likeness (QED) is 0.338. The molecule has 1 aliphatic carbocycles. The van der Waals surface area contributed by atoms with Gasteiger partial charge in [0.2, 0.25) is 0 Å². The van der Waals surface area contributed by atoms with Gasteiger partial charge in [-0.25, -0.2) is 9.97 Å². The van der Waals surface area contributed by atoms with Gasteiger partial charge in [-0.05, 0) is 60.9 Å². The standard InChI is InChI=1S/C27H40N2O/c1-3-5-6-7-8-19-30-26-17-15-25(16-18-26)27-28-20-24(21-29-27)14-13-23-11-9-22(4-2)10-12-23/h15-18,20-23H,3-14,19H2,1-2H3. The van der Waals surface area contributed by atoms with Gasteiger partial charge in [0.15, 0.2) is 5.82 Å². The maximum atomic E-state index is 5.86. The van der Waals surface area contributed by atoms with Crippen LogP contribution in [0, 0.1) is 11.8 Å². The number of benzene rings is 1. The van der Waals surface area contributed by atoms with E-state index in [4.69, 9.17) is 4.74 Å². The molecule has 1 heterocycles. The molecule has 30 heavy (non-hydrogen) atoms. The van der Waals surface area contributed by atoms with Crippen molar-refractivity contribution in [3.8, 4) is 17.1 Å². The second-order valence-electron chi connectivity index (χ2n) is 9.04. The van der Waals surface area contributed by atoms with Crippen LogP contribution in [0.2, 0.25) is 0 Å². The van der Waals surface area contributed by atoms with E-state index in [1.54, 1.807) is 0 Å². The number of aromatic nitrogens is 2. The molecule has 0 N–H and O–H groups in total. The highest BCUT2D eigenvalue weighted by atomic mass is 16.5. The molecule has 1 aromatic heterocycles. The minimum absolute atomic E-state index is 0.799. The molecule has 0 atom stereocenters. The molecule has 2 aromatic rings. The van der Waals surface area contributed by atoms with E-state index in [0.717, 1.165) is 48.4 Å². The Labute approximate surface area is 183 Å². The monoisotopic (exact) mass is 408 g/mol. The Bertz CT molecular complexity index is 703. The predicted octanol–water partition coefficient (Wildman–Crippen LogP) is 7.64. The summed E-state index contributed by atoms with van der Waals surface area (Å²) in [6.45, 7) is 5.38. The fourth-order valence-corrected chi connectivity index (χ4v) is 4.53. The second kappa shape index (κ2) is 12.7. The normalized spacial score (nSPS) is 19.0. The van der Waals surface area contributed by atoms with Crippen LogP contribution < -0.4 is 4.74 Å². The van der Waals surface area contributed by atoms with Crippen molar-refractivity contribution in [1.82, 2.24) is 9.97 Å². The maximum absolute atomic E-state index is 5.86. The van der Waals surface area contributed by atoms with Crippen LogP contribution in [0.25, 0.3) is 11.4 Å². The lowest BCUT2D eigenvalue weighted by molar-refractivity contribution is 0.258. The van der Waals surface area contributed by atoms with Gasteiger partial charge in [-0.2, -0.15) is 0 Å². The van der Waals surface area contributed by atoms with Gasteiger partial charge < -0.3 is 4.74 Å². The lowest BCUT2D eigenvalue weighted by Crippen LogP contribution is -2.14. The first kappa shape index (κ1) is 22.8. The topological polar surface area (TPSA) is 35.0 Å². The van der Waals surface area contributed by atoms with E-state index in [1.165, 1.54) is 69.8 Å². The van der Waals surface area contributed by atoms with E-state index in [2.05, 4.69) is 35.9 Å². The smallest absolute Gasteiger partial charge is 0.159 e. The molecule has 0 spiro atoms. The number of aryl methyl sites for hydroxylation is 1. The third-order valence-electron chi connectivity index (χ3n) is 6.72. The fourth-order valence-electron chi connectivity index (χ4n) is 4.53. The number of ether oxygens (including phenoxy) is 1. The van der Waals surface area contributed by atoms with Crippen molar-refractivity contribution >= 4 is 0 Å². The Hall–Kier alpha value is -1.90. The molecule has 0 bridgehead atoms. The highest BCUT2D eigenvalue weighted by molar-refractivity contribution is 5.55. The molecule has 0 amide bonds. The van der Waals surface area contributed by atoms with Gasteiger partial charge in [0.25, 0.3) is 0 Å². The summed E-state index contributed by atoms with van der Waals surface area (Å²) in [5, 5.41) is 0. The fraction of sp³-hybridized carbons (Fsp3) is 0.630. The zero-order chi connectivity index (χ0) is 21.0. The van der Waals surface area contributed by atoms with Crippen molar-refractivity contribution in [3.05, 3.63) is 42.2 Å². The van der Waals surface area contributed by atoms with Gasteiger partial charge in [-0.3, -0.25) is 0 Å². The molecule has 3 nitrogen and oxygen atoms in total. The van der Waals surface area contributed by atoms with Crippen LogP contribution in [0.5, 0.6) is 5.75 Å². The molecular formula is C27H40N2O. The third-order valence-corrected chi connectivity index (χ3v) is 6.72. The van der Waals surface area contributed by atoms with Crippen molar-refractivity contribution in [2.75, 3.05) is 6.61 Å². The molecular weight excluding hydrogens is 368 g/mol. The SMILES string of the molecule is CCCCCCCOc1ccc(-c2ncc(CCC3CCC(CC)CC3)cn2)cc1. The highest BCUT2D eigenvalue weighted by Gasteiger charge is 2.19. The predicted molar refractivity (Wildman–Crippen MR) is 126 cm³/mol. The van der Waals surface area contributed by atoms with Gasteiger partial charge in [0.05, 0.1) is 6.61 Å². The molecule has 0 aliphatic heterocycles. The summed E-state index contributed by atoms with van der Waals surface area (Å²) in [4.78, 5) is 9.24. The van der Waals surface area contributed by atoms with Gasteiger partial charge in [-0.1, -0.05) is 71.6 Å². The average molecular weight is 409 g/mol. The van der Waals surface area contributed by atoms with Gasteiger partial charge in [0, 0.05) is 18.0 Å². The molecule has 1 aromatic carbocycles. The summed E-state index contributed by atoms with van der Waals surface area (Å²) in [7, 11) is 0. The first-order chi connectivity index (χ1) is 14.8. The van der Waals surface area contributed by atoms with Crippen molar-refractivity contribution < 1.29 is 4.74 Å². The molecule has 3 rings (SSSR count). The van der Waals surface area contributed by atoms with E-state index in [0.29, 0.717) is 0 Å². The Morgan fingerprint density at radius 1 is 0.833 bits per heavy atom. The van der Waals surface area contributed by atoms with Gasteiger partial charge >= 0.3 is 0 Å². The molecule has 0 radical (unpaired) electrons. The molecule has 3 heteroatoms. The van der Waals surface area contributed by atoms with E-state index >= 15 is 0 Å². The van der Waals surface area contributed by atoms with Crippen LogP contribution in [-0.4, -0.2) is 16.6 Å². The molecule has 0 saturated heterocycles. The van der Waals surface area contributed by atoms with Crippen LogP contribution >= 0.6 is 0 Å². The number of hydrogen-bond acceptors (Lipinski definition) is 3. The third kappa shape index (κ3) is 7.41. The van der Waals surface area contributed by atoms with Crippen molar-refractivity contribution in [1.29, 1.82) is 0 Å². The first-order valence-electron chi connectivity index (χ1n) is 12.3. The first-order valence-corrected chi connectivity index (χ1v) is 12.3. The van der Waals surface area contributed by atoms with Crippen molar-refractivity contribution in [3.63, 3.8) is 0 Å². The van der Waals surface area contributed by atoms with Crippen LogP contribution in [0.3, 0.4) is 0 Å². The van der Waals surface area contributed by atoms with Crippen molar-refractivity contribution in [2.45, 2.75) is 90.9 Å². The summed E-state index contributed by atoms with van der Waals surface area (Å²) < 4.78 is 5.86. The number of rotatable bonds is 12. The van der Waals surface area contributed by atoms with Crippen LogP contribution in [0.4, 0.5) is 0 Å². The van der Waals surface area contributed by atoms with Crippen LogP contribution in [-0.2, 0) is 6.42 Å². The van der Waals surface area contributed by atoms with E-state index < -0.39 is 0 Å². The van der Waals surface area contributed by atoms with Crippen LogP contribution in [0.1, 0.15) is 90.0 Å². The molecule has 1 saturated carbocycles. The largest absolute Gasteiger partial charge is 0.494 e. The summed E-state index contributed by atoms with van der Waals surface area (Å²) in [5.74, 6) is 3.61. The zero-order valence-corrected chi connectivity index (χ0v) is 19.1. The van der Waals surface area contributed by atoms with E-state index in [9.17, 15) is 0 Å². The number of hydrogen-bond donors (Lipinski definition) is 0. The summed E-state index contributed by atoms with van der Waals surface area (Å²) in [5.41, 5.74) is 2.31. The molecule has 1 aliphatic rings. The molecule has 1 fully saturated rings. The Kier molecular flexibility index (Phi) is 9.66. The van der Waals surface area contributed by atoms with Gasteiger partial charge in [-0.15, -0.1) is 0 Å².